The molecule has 10 heteroatoms. The molecule has 9 nitrogen and oxygen atoms in total. The normalized spacial score (nSPS) is 14.3. The summed E-state index contributed by atoms with van der Waals surface area (Å²) in [5.41, 5.74) is 0. The van der Waals surface area contributed by atoms with Gasteiger partial charge in [-0.05, 0) is 12.3 Å². The summed E-state index contributed by atoms with van der Waals surface area (Å²) in [5.74, 6) is -0.600. The van der Waals surface area contributed by atoms with E-state index in [9.17, 15) is 19.0 Å². The zero-order chi connectivity index (χ0) is 38.1. The number of hydrogen-bond acceptors (Lipinski definition) is 7. The maximum absolute atomic E-state index is 12.7. The van der Waals surface area contributed by atoms with E-state index in [2.05, 4.69) is 20.8 Å². The van der Waals surface area contributed by atoms with Gasteiger partial charge in [-0.2, -0.15) is 0 Å². The first-order valence-electron chi connectivity index (χ1n) is 21.2. The van der Waals surface area contributed by atoms with Crippen LogP contribution in [0.4, 0.5) is 0 Å². The minimum Gasteiger partial charge on any atom is -0.462 e. The number of phosphoric acid groups is 1. The van der Waals surface area contributed by atoms with Gasteiger partial charge in [0.25, 0.3) is 0 Å². The van der Waals surface area contributed by atoms with Gasteiger partial charge in [0.05, 0.1) is 27.7 Å². The zero-order valence-electron chi connectivity index (χ0n) is 34.3. The minimum atomic E-state index is -4.37. The molecule has 0 bridgehead atoms. The second-order valence-corrected chi connectivity index (χ2v) is 17.5. The monoisotopic (exact) mass is 749 g/mol. The van der Waals surface area contributed by atoms with Gasteiger partial charge in [-0.15, -0.1) is 0 Å². The van der Waals surface area contributed by atoms with Crippen molar-refractivity contribution in [2.45, 2.75) is 200 Å². The zero-order valence-corrected chi connectivity index (χ0v) is 35.2. The van der Waals surface area contributed by atoms with Crippen LogP contribution in [0.1, 0.15) is 194 Å². The van der Waals surface area contributed by atoms with Gasteiger partial charge in [-0.3, -0.25) is 18.6 Å². The van der Waals surface area contributed by atoms with Crippen LogP contribution in [0.15, 0.2) is 0 Å². The summed E-state index contributed by atoms with van der Waals surface area (Å²) in [6, 6.07) is 0. The first kappa shape index (κ1) is 50.0. The molecule has 0 aromatic carbocycles. The van der Waals surface area contributed by atoms with Crippen LogP contribution in [0.3, 0.4) is 0 Å². The molecule has 0 spiro atoms. The second-order valence-electron chi connectivity index (χ2n) is 16.0. The van der Waals surface area contributed by atoms with Gasteiger partial charge in [0.2, 0.25) is 0 Å². The SMILES string of the molecule is CCCCCCCCCCCCCCCC(=O)O[C@H](COC(=O)C[C@@H](C)CCCCCCCCCCCCC)COP(=O)(O)OCC[N+](C)(C)C. The van der Waals surface area contributed by atoms with Crippen molar-refractivity contribution in [3.05, 3.63) is 0 Å². The number of carbonyl (C=O) groups excluding carboxylic acids is 2. The molecular formula is C41H83NO8P+. The number of carbonyl (C=O) groups is 2. The first-order valence-corrected chi connectivity index (χ1v) is 22.7. The fraction of sp³-hybridized carbons (Fsp3) is 0.951. The van der Waals surface area contributed by atoms with Crippen LogP contribution in [-0.2, 0) is 32.7 Å². The van der Waals surface area contributed by atoms with Crippen LogP contribution >= 0.6 is 7.82 Å². The minimum absolute atomic E-state index is 0.0345. The molecular weight excluding hydrogens is 665 g/mol. The second kappa shape index (κ2) is 33.6. The van der Waals surface area contributed by atoms with E-state index < -0.39 is 26.5 Å². The van der Waals surface area contributed by atoms with E-state index in [0.717, 1.165) is 25.7 Å². The van der Waals surface area contributed by atoms with Crippen LogP contribution < -0.4 is 0 Å². The largest absolute Gasteiger partial charge is 0.472 e. The molecule has 0 heterocycles. The Morgan fingerprint density at radius 1 is 0.608 bits per heavy atom. The quantitative estimate of drug-likeness (QED) is 0.0288. The molecule has 51 heavy (non-hydrogen) atoms. The van der Waals surface area contributed by atoms with Gasteiger partial charge in [-0.1, -0.05) is 175 Å². The average molecular weight is 749 g/mol. The molecule has 1 unspecified atom stereocenters. The Balaban J connectivity index is 4.48. The smallest absolute Gasteiger partial charge is 0.462 e. The van der Waals surface area contributed by atoms with Crippen LogP contribution in [0.25, 0.3) is 0 Å². The van der Waals surface area contributed by atoms with Crippen molar-refractivity contribution in [1.82, 2.24) is 0 Å². The van der Waals surface area contributed by atoms with Crippen molar-refractivity contribution in [2.24, 2.45) is 5.92 Å². The number of rotatable bonds is 38. The molecule has 0 rings (SSSR count). The topological polar surface area (TPSA) is 108 Å². The molecule has 3 atom stereocenters. The molecule has 0 aromatic heterocycles. The molecule has 0 aliphatic carbocycles. The molecule has 0 amide bonds. The maximum Gasteiger partial charge on any atom is 0.472 e. The highest BCUT2D eigenvalue weighted by molar-refractivity contribution is 7.47. The lowest BCUT2D eigenvalue weighted by Crippen LogP contribution is -2.37. The number of likely N-dealkylation sites (N-methyl/N-ethyl adjacent to an activating group) is 1. The molecule has 0 aliphatic heterocycles. The molecule has 0 saturated carbocycles. The Labute approximate surface area is 314 Å². The molecule has 0 saturated heterocycles. The van der Waals surface area contributed by atoms with Crippen LogP contribution in [-0.4, -0.2) is 74.9 Å². The van der Waals surface area contributed by atoms with Gasteiger partial charge >= 0.3 is 19.8 Å². The Morgan fingerprint density at radius 2 is 1.04 bits per heavy atom. The lowest BCUT2D eigenvalue weighted by atomic mass is 9.99. The maximum atomic E-state index is 12.7. The van der Waals surface area contributed by atoms with E-state index in [-0.39, 0.29) is 37.9 Å². The number of unbranched alkanes of at least 4 members (excludes halogenated alkanes) is 22. The lowest BCUT2D eigenvalue weighted by Gasteiger charge is -2.24. The van der Waals surface area contributed by atoms with E-state index in [1.165, 1.54) is 128 Å². The van der Waals surface area contributed by atoms with Gasteiger partial charge in [0, 0.05) is 12.8 Å². The molecule has 0 fully saturated rings. The third kappa shape index (κ3) is 37.1. The van der Waals surface area contributed by atoms with Crippen molar-refractivity contribution < 1.29 is 42.1 Å². The van der Waals surface area contributed by atoms with E-state index in [1.54, 1.807) is 0 Å². The average Bonchev–Trinajstić information content (AvgIpc) is 3.06. The summed E-state index contributed by atoms with van der Waals surface area (Å²) >= 11 is 0. The van der Waals surface area contributed by atoms with Crippen molar-refractivity contribution in [3.8, 4) is 0 Å². The van der Waals surface area contributed by atoms with E-state index >= 15 is 0 Å². The highest BCUT2D eigenvalue weighted by Gasteiger charge is 2.27. The van der Waals surface area contributed by atoms with E-state index in [0.29, 0.717) is 17.4 Å². The van der Waals surface area contributed by atoms with Gasteiger partial charge < -0.3 is 18.9 Å². The van der Waals surface area contributed by atoms with Gasteiger partial charge in [-0.25, -0.2) is 4.57 Å². The van der Waals surface area contributed by atoms with Gasteiger partial charge in [0.15, 0.2) is 6.10 Å². The number of phosphoric ester groups is 1. The fourth-order valence-corrected chi connectivity index (χ4v) is 6.82. The predicted molar refractivity (Wildman–Crippen MR) is 211 cm³/mol. The number of quaternary nitrogens is 1. The van der Waals surface area contributed by atoms with Crippen LogP contribution in [0, 0.1) is 5.92 Å². The third-order valence-electron chi connectivity index (χ3n) is 9.47. The van der Waals surface area contributed by atoms with E-state index in [4.69, 9.17) is 18.5 Å². The Kier molecular flexibility index (Phi) is 32.9. The molecule has 0 aromatic rings. The highest BCUT2D eigenvalue weighted by atomic mass is 31.2. The summed E-state index contributed by atoms with van der Waals surface area (Å²) in [6.45, 7) is 6.48. The summed E-state index contributed by atoms with van der Waals surface area (Å²) in [4.78, 5) is 35.5. The Morgan fingerprint density at radius 3 is 1.49 bits per heavy atom. The summed E-state index contributed by atoms with van der Waals surface area (Å²) in [5, 5.41) is 0. The molecule has 0 radical (unpaired) electrons. The number of nitrogens with zero attached hydrogens (tertiary/aromatic N) is 1. The Hall–Kier alpha value is -0.990. The summed E-state index contributed by atoms with van der Waals surface area (Å²) < 4.78 is 34.4. The number of esters is 2. The predicted octanol–water partition coefficient (Wildman–Crippen LogP) is 11.5. The number of hydrogen-bond donors (Lipinski definition) is 1. The van der Waals surface area contributed by atoms with E-state index in [1.807, 2.05) is 21.1 Å². The Bertz CT molecular complexity index is 865. The third-order valence-corrected chi connectivity index (χ3v) is 10.5. The molecule has 0 aliphatic rings. The van der Waals surface area contributed by atoms with Crippen LogP contribution in [0.2, 0.25) is 0 Å². The van der Waals surface area contributed by atoms with Crippen LogP contribution in [0.5, 0.6) is 0 Å². The van der Waals surface area contributed by atoms with Gasteiger partial charge in [0.1, 0.15) is 19.8 Å². The van der Waals surface area contributed by atoms with Crippen molar-refractivity contribution in [1.29, 1.82) is 0 Å². The summed E-state index contributed by atoms with van der Waals surface area (Å²) in [6.07, 6.45) is 30.5. The number of ether oxygens (including phenoxy) is 2. The van der Waals surface area contributed by atoms with Crippen molar-refractivity contribution >= 4 is 19.8 Å². The standard InChI is InChI=1S/C41H82NO8P/c1-7-9-11-13-15-17-19-20-22-24-26-28-30-32-40(43)50-39(37-49-51(45,46)48-34-33-42(4,5)6)36-47-41(44)35-38(3)31-29-27-25-23-21-18-16-14-12-10-8-2/h38-39H,7-37H2,1-6H3/p+1/t38-,39+/m0/s1. The highest BCUT2D eigenvalue weighted by Crippen LogP contribution is 2.43. The fourth-order valence-electron chi connectivity index (χ4n) is 6.08. The van der Waals surface area contributed by atoms with Crippen molar-refractivity contribution in [3.63, 3.8) is 0 Å². The molecule has 1 N–H and O–H groups in total. The first-order chi connectivity index (χ1) is 24.4. The lowest BCUT2D eigenvalue weighted by molar-refractivity contribution is -0.870. The summed E-state index contributed by atoms with van der Waals surface area (Å²) in [7, 11) is 1.48. The van der Waals surface area contributed by atoms with Crippen molar-refractivity contribution in [2.75, 3.05) is 47.5 Å². The molecule has 304 valence electrons.